The number of nitrogens with zero attached hydrogens (tertiary/aromatic N) is 2. The third-order valence-electron chi connectivity index (χ3n) is 3.51. The first-order valence-corrected chi connectivity index (χ1v) is 6.54. The molecule has 1 fully saturated rings. The molecule has 3 heteroatoms. The van der Waals surface area contributed by atoms with E-state index in [1.54, 1.807) is 0 Å². The van der Waals surface area contributed by atoms with Crippen molar-refractivity contribution < 1.29 is 4.74 Å². The molecule has 0 aromatic heterocycles. The fourth-order valence-corrected chi connectivity index (χ4v) is 2.27. The minimum absolute atomic E-state index is 0.780. The van der Waals surface area contributed by atoms with Gasteiger partial charge in [0.25, 0.3) is 0 Å². The Hall–Kier alpha value is -1.35. The Labute approximate surface area is 109 Å². The quantitative estimate of drug-likeness (QED) is 0.749. The second-order valence-electron chi connectivity index (χ2n) is 5.00. The highest BCUT2D eigenvalue weighted by molar-refractivity contribution is 6.00. The normalized spacial score (nSPS) is 17.1. The fraction of sp³-hybridized carbons (Fsp3) is 0.533. The predicted octanol–water partition coefficient (Wildman–Crippen LogP) is 2.67. The summed E-state index contributed by atoms with van der Waals surface area (Å²) in [5, 5.41) is 6.81. The summed E-state index contributed by atoms with van der Waals surface area (Å²) >= 11 is 0. The van der Waals surface area contributed by atoms with Gasteiger partial charge in [-0.2, -0.15) is 5.10 Å². The summed E-state index contributed by atoms with van der Waals surface area (Å²) in [5.74, 6) is 0. The van der Waals surface area contributed by atoms with E-state index >= 15 is 0 Å². The van der Waals surface area contributed by atoms with Gasteiger partial charge >= 0.3 is 0 Å². The lowest BCUT2D eigenvalue weighted by Gasteiger charge is -2.25. The molecule has 1 heterocycles. The Morgan fingerprint density at radius 1 is 1.06 bits per heavy atom. The van der Waals surface area contributed by atoms with Crippen LogP contribution in [0.2, 0.25) is 0 Å². The summed E-state index contributed by atoms with van der Waals surface area (Å²) in [6.45, 7) is 11.9. The Balaban J connectivity index is 2.24. The second-order valence-corrected chi connectivity index (χ2v) is 5.00. The molecule has 0 aliphatic carbocycles. The first kappa shape index (κ1) is 13.1. The largest absolute Gasteiger partial charge is 0.378 e. The van der Waals surface area contributed by atoms with Crippen LogP contribution in [-0.4, -0.2) is 37.0 Å². The van der Waals surface area contributed by atoms with Gasteiger partial charge in [0.05, 0.1) is 32.0 Å². The van der Waals surface area contributed by atoms with Gasteiger partial charge in [-0.1, -0.05) is 6.07 Å². The number of rotatable bonds is 2. The van der Waals surface area contributed by atoms with Crippen molar-refractivity contribution in [1.29, 1.82) is 0 Å². The number of morpholine rings is 1. The van der Waals surface area contributed by atoms with Crippen LogP contribution in [-0.2, 0) is 4.74 Å². The first-order valence-electron chi connectivity index (χ1n) is 6.54. The monoisotopic (exact) mass is 246 g/mol. The predicted molar refractivity (Wildman–Crippen MR) is 75.3 cm³/mol. The van der Waals surface area contributed by atoms with Crippen molar-refractivity contribution in [3.8, 4) is 0 Å². The molecule has 1 aromatic rings. The van der Waals surface area contributed by atoms with Crippen LogP contribution in [0.25, 0.3) is 0 Å². The lowest BCUT2D eigenvalue weighted by molar-refractivity contribution is 0.0393. The minimum Gasteiger partial charge on any atom is -0.378 e. The van der Waals surface area contributed by atoms with Gasteiger partial charge in [0.2, 0.25) is 0 Å². The van der Waals surface area contributed by atoms with E-state index in [-0.39, 0.29) is 0 Å². The average Bonchev–Trinajstić information content (AvgIpc) is 2.35. The molecule has 2 rings (SSSR count). The third-order valence-corrected chi connectivity index (χ3v) is 3.51. The Kier molecular flexibility index (Phi) is 4.02. The summed E-state index contributed by atoms with van der Waals surface area (Å²) in [7, 11) is 0. The van der Waals surface area contributed by atoms with Crippen LogP contribution >= 0.6 is 0 Å². The maximum atomic E-state index is 5.33. The molecule has 1 aliphatic rings. The Bertz CT molecular complexity index is 460. The molecule has 1 aromatic carbocycles. The maximum absolute atomic E-state index is 5.33. The zero-order valence-electron chi connectivity index (χ0n) is 11.8. The van der Waals surface area contributed by atoms with E-state index in [0.717, 1.165) is 32.0 Å². The molecular formula is C15H22N2O. The van der Waals surface area contributed by atoms with Crippen molar-refractivity contribution in [3.63, 3.8) is 0 Å². The molecule has 0 unspecified atom stereocenters. The van der Waals surface area contributed by atoms with Crippen LogP contribution in [0.4, 0.5) is 0 Å². The topological polar surface area (TPSA) is 24.8 Å². The first-order chi connectivity index (χ1) is 8.58. The van der Waals surface area contributed by atoms with Crippen molar-refractivity contribution in [2.75, 3.05) is 26.3 Å². The molecular weight excluding hydrogens is 224 g/mol. The van der Waals surface area contributed by atoms with Crippen molar-refractivity contribution >= 4 is 5.71 Å². The van der Waals surface area contributed by atoms with Gasteiger partial charge in [-0.3, -0.25) is 5.01 Å². The minimum atomic E-state index is 0.780. The molecule has 98 valence electrons. The number of benzene rings is 1. The molecule has 0 amide bonds. The van der Waals surface area contributed by atoms with Gasteiger partial charge in [-0.05, 0) is 50.5 Å². The zero-order valence-corrected chi connectivity index (χ0v) is 11.8. The number of hydrogen-bond donors (Lipinski definition) is 0. The van der Waals surface area contributed by atoms with Crippen LogP contribution in [0.15, 0.2) is 17.2 Å². The van der Waals surface area contributed by atoms with Crippen molar-refractivity contribution in [1.82, 2.24) is 5.01 Å². The average molecular weight is 246 g/mol. The molecule has 0 radical (unpaired) electrons. The summed E-state index contributed by atoms with van der Waals surface area (Å²) < 4.78 is 5.33. The third kappa shape index (κ3) is 2.91. The standard InChI is InChI=1S/C15H22N2O/c1-11-9-13(3)15(10-12(11)2)14(4)16-17-5-7-18-8-6-17/h9-10H,5-8H2,1-4H3. The molecule has 1 aliphatic heterocycles. The molecule has 3 nitrogen and oxygen atoms in total. The van der Waals surface area contributed by atoms with E-state index in [2.05, 4.69) is 44.8 Å². The van der Waals surface area contributed by atoms with Gasteiger partial charge in [0.15, 0.2) is 0 Å². The highest BCUT2D eigenvalue weighted by Gasteiger charge is 2.10. The molecule has 0 spiro atoms. The van der Waals surface area contributed by atoms with Crippen molar-refractivity contribution in [2.24, 2.45) is 5.10 Å². The van der Waals surface area contributed by atoms with Gasteiger partial charge in [0, 0.05) is 5.56 Å². The fourth-order valence-electron chi connectivity index (χ4n) is 2.27. The highest BCUT2D eigenvalue weighted by Crippen LogP contribution is 2.16. The van der Waals surface area contributed by atoms with Crippen LogP contribution in [0.5, 0.6) is 0 Å². The van der Waals surface area contributed by atoms with Gasteiger partial charge in [-0.25, -0.2) is 0 Å². The number of hydrazone groups is 1. The number of ether oxygens (including phenoxy) is 1. The number of aryl methyl sites for hydroxylation is 3. The van der Waals surface area contributed by atoms with E-state index in [0.29, 0.717) is 0 Å². The van der Waals surface area contributed by atoms with Crippen LogP contribution < -0.4 is 0 Å². The van der Waals surface area contributed by atoms with E-state index in [1.165, 1.54) is 22.3 Å². The molecule has 0 saturated carbocycles. The van der Waals surface area contributed by atoms with Crippen molar-refractivity contribution in [2.45, 2.75) is 27.7 Å². The molecule has 0 bridgehead atoms. The Morgan fingerprint density at radius 3 is 2.33 bits per heavy atom. The zero-order chi connectivity index (χ0) is 13.1. The summed E-state index contributed by atoms with van der Waals surface area (Å²) in [6, 6.07) is 4.48. The van der Waals surface area contributed by atoms with Crippen molar-refractivity contribution in [3.05, 3.63) is 34.4 Å². The van der Waals surface area contributed by atoms with E-state index in [1.807, 2.05) is 0 Å². The Morgan fingerprint density at radius 2 is 1.67 bits per heavy atom. The lowest BCUT2D eigenvalue weighted by Crippen LogP contribution is -2.33. The van der Waals surface area contributed by atoms with Gasteiger partial charge < -0.3 is 4.74 Å². The van der Waals surface area contributed by atoms with Gasteiger partial charge in [-0.15, -0.1) is 0 Å². The maximum Gasteiger partial charge on any atom is 0.0659 e. The summed E-state index contributed by atoms with van der Waals surface area (Å²) in [5.41, 5.74) is 6.32. The lowest BCUT2D eigenvalue weighted by atomic mass is 9.98. The molecule has 0 N–H and O–H groups in total. The van der Waals surface area contributed by atoms with E-state index in [4.69, 9.17) is 9.84 Å². The van der Waals surface area contributed by atoms with Crippen LogP contribution in [0.3, 0.4) is 0 Å². The smallest absolute Gasteiger partial charge is 0.0659 e. The van der Waals surface area contributed by atoms with Gasteiger partial charge in [0.1, 0.15) is 0 Å². The number of hydrogen-bond acceptors (Lipinski definition) is 3. The van der Waals surface area contributed by atoms with Crippen LogP contribution in [0, 0.1) is 20.8 Å². The van der Waals surface area contributed by atoms with E-state index in [9.17, 15) is 0 Å². The molecule has 18 heavy (non-hydrogen) atoms. The van der Waals surface area contributed by atoms with Crippen LogP contribution in [0.1, 0.15) is 29.2 Å². The second kappa shape index (κ2) is 5.53. The summed E-state index contributed by atoms with van der Waals surface area (Å²) in [6.07, 6.45) is 0. The molecule has 0 atom stereocenters. The SMILES string of the molecule is CC(=NN1CCOCC1)c1cc(C)c(C)cc1C. The molecule has 1 saturated heterocycles. The van der Waals surface area contributed by atoms with E-state index < -0.39 is 0 Å². The highest BCUT2D eigenvalue weighted by atomic mass is 16.5. The summed E-state index contributed by atoms with van der Waals surface area (Å²) in [4.78, 5) is 0.